The van der Waals surface area contributed by atoms with E-state index in [-0.39, 0.29) is 5.92 Å². The average Bonchev–Trinajstić information content (AvgIpc) is 3.00. The average molecular weight is 409 g/mol. The molecule has 1 aliphatic carbocycles. The SMILES string of the molecule is CCOC(O)C(CCCCC[C@H]1C(=O)CC[C@@H]1C=CCCCC=C(C)C)C(=O)O. The van der Waals surface area contributed by atoms with Gasteiger partial charge in [-0.15, -0.1) is 0 Å². The van der Waals surface area contributed by atoms with Crippen molar-refractivity contribution in [3.8, 4) is 0 Å². The predicted molar refractivity (Wildman–Crippen MR) is 115 cm³/mol. The van der Waals surface area contributed by atoms with Gasteiger partial charge in [0.15, 0.2) is 6.29 Å². The number of hydrogen-bond donors (Lipinski definition) is 2. The van der Waals surface area contributed by atoms with E-state index in [2.05, 4.69) is 32.1 Å². The summed E-state index contributed by atoms with van der Waals surface area (Å²) in [5.74, 6) is -1.05. The zero-order valence-corrected chi connectivity index (χ0v) is 18.4. The maximum atomic E-state index is 12.2. The fourth-order valence-electron chi connectivity index (χ4n) is 4.02. The Bertz CT molecular complexity index is 547. The van der Waals surface area contributed by atoms with Gasteiger partial charge in [-0.2, -0.15) is 0 Å². The number of carbonyl (C=O) groups is 2. The zero-order chi connectivity index (χ0) is 21.6. The number of carboxylic acids is 1. The summed E-state index contributed by atoms with van der Waals surface area (Å²) in [6.07, 6.45) is 14.2. The molecule has 0 aromatic rings. The largest absolute Gasteiger partial charge is 0.481 e. The number of carbonyl (C=O) groups excluding carboxylic acids is 1. The highest BCUT2D eigenvalue weighted by molar-refractivity contribution is 5.83. The monoisotopic (exact) mass is 408 g/mol. The first-order valence-electron chi connectivity index (χ1n) is 11.2. The molecule has 1 aliphatic rings. The van der Waals surface area contributed by atoms with Crippen molar-refractivity contribution in [3.05, 3.63) is 23.8 Å². The maximum absolute atomic E-state index is 12.2. The molecule has 0 aromatic heterocycles. The number of aliphatic carboxylic acids is 1. The predicted octanol–water partition coefficient (Wildman–Crippen LogP) is 5.28. The van der Waals surface area contributed by atoms with Crippen molar-refractivity contribution in [2.75, 3.05) is 6.61 Å². The Hall–Kier alpha value is -1.46. The van der Waals surface area contributed by atoms with Crippen LogP contribution in [0.5, 0.6) is 0 Å². The van der Waals surface area contributed by atoms with Gasteiger partial charge in [0.2, 0.25) is 0 Å². The van der Waals surface area contributed by atoms with Crippen LogP contribution in [0.3, 0.4) is 0 Å². The Labute approximate surface area is 176 Å². The van der Waals surface area contributed by atoms with E-state index in [1.165, 1.54) is 5.57 Å². The fraction of sp³-hybridized carbons (Fsp3) is 0.750. The lowest BCUT2D eigenvalue weighted by Crippen LogP contribution is -2.30. The van der Waals surface area contributed by atoms with Crippen LogP contribution in [0.2, 0.25) is 0 Å². The summed E-state index contributed by atoms with van der Waals surface area (Å²) in [6, 6.07) is 0. The minimum atomic E-state index is -1.25. The molecular formula is C24H40O5. The van der Waals surface area contributed by atoms with Crippen molar-refractivity contribution in [2.45, 2.75) is 91.3 Å². The smallest absolute Gasteiger partial charge is 0.311 e. The number of ether oxygens (including phenoxy) is 1. The summed E-state index contributed by atoms with van der Waals surface area (Å²) < 4.78 is 5.02. The van der Waals surface area contributed by atoms with E-state index in [0.717, 1.165) is 44.9 Å². The van der Waals surface area contributed by atoms with Crippen LogP contribution < -0.4 is 0 Å². The molecule has 0 spiro atoms. The summed E-state index contributed by atoms with van der Waals surface area (Å²) in [5.41, 5.74) is 1.36. The summed E-state index contributed by atoms with van der Waals surface area (Å²) in [5, 5.41) is 19.0. The van der Waals surface area contributed by atoms with Crippen LogP contribution in [0, 0.1) is 17.8 Å². The van der Waals surface area contributed by atoms with E-state index in [0.29, 0.717) is 37.6 Å². The van der Waals surface area contributed by atoms with E-state index in [9.17, 15) is 19.8 Å². The van der Waals surface area contributed by atoms with E-state index in [4.69, 9.17) is 4.74 Å². The lowest BCUT2D eigenvalue weighted by molar-refractivity contribution is -0.170. The van der Waals surface area contributed by atoms with Crippen molar-refractivity contribution in [2.24, 2.45) is 17.8 Å². The minimum absolute atomic E-state index is 0.119. The van der Waals surface area contributed by atoms with Gasteiger partial charge in [0.05, 0.1) is 0 Å². The quantitative estimate of drug-likeness (QED) is 0.219. The molecule has 166 valence electrons. The third-order valence-corrected chi connectivity index (χ3v) is 5.69. The second kappa shape index (κ2) is 14.5. The molecule has 5 heteroatoms. The first kappa shape index (κ1) is 25.6. The van der Waals surface area contributed by atoms with Crippen molar-refractivity contribution >= 4 is 11.8 Å². The normalized spacial score (nSPS) is 21.4. The van der Waals surface area contributed by atoms with E-state index >= 15 is 0 Å². The van der Waals surface area contributed by atoms with E-state index in [1.807, 2.05) is 0 Å². The molecule has 1 rings (SSSR count). The highest BCUT2D eigenvalue weighted by Gasteiger charge is 2.32. The highest BCUT2D eigenvalue weighted by atomic mass is 16.6. The molecule has 1 saturated carbocycles. The fourth-order valence-corrected chi connectivity index (χ4v) is 4.02. The summed E-state index contributed by atoms with van der Waals surface area (Å²) in [4.78, 5) is 23.5. The Morgan fingerprint density at radius 2 is 1.97 bits per heavy atom. The first-order valence-corrected chi connectivity index (χ1v) is 11.2. The molecule has 0 bridgehead atoms. The Kier molecular flexibility index (Phi) is 12.8. The number of hydrogen-bond acceptors (Lipinski definition) is 4. The van der Waals surface area contributed by atoms with Gasteiger partial charge < -0.3 is 14.9 Å². The second-order valence-corrected chi connectivity index (χ2v) is 8.34. The van der Waals surface area contributed by atoms with Gasteiger partial charge in [-0.1, -0.05) is 43.1 Å². The number of Topliss-reactive ketones (excluding diaryl/α,β-unsaturated/α-hetero) is 1. The van der Waals surface area contributed by atoms with Gasteiger partial charge in [0.1, 0.15) is 11.7 Å². The van der Waals surface area contributed by atoms with Crippen LogP contribution in [0.1, 0.15) is 85.0 Å². The van der Waals surface area contributed by atoms with E-state index in [1.54, 1.807) is 6.92 Å². The Morgan fingerprint density at radius 1 is 1.21 bits per heavy atom. The number of unbranched alkanes of at least 4 members (excludes halogenated alkanes) is 4. The van der Waals surface area contributed by atoms with Crippen LogP contribution in [0.25, 0.3) is 0 Å². The Morgan fingerprint density at radius 3 is 2.62 bits per heavy atom. The Balaban J connectivity index is 2.32. The molecular weight excluding hydrogens is 368 g/mol. The second-order valence-electron chi connectivity index (χ2n) is 8.34. The molecule has 0 heterocycles. The molecule has 2 unspecified atom stereocenters. The molecule has 1 fully saturated rings. The van der Waals surface area contributed by atoms with Crippen LogP contribution in [-0.2, 0) is 14.3 Å². The van der Waals surface area contributed by atoms with Crippen molar-refractivity contribution < 1.29 is 24.5 Å². The van der Waals surface area contributed by atoms with Crippen LogP contribution in [-0.4, -0.2) is 34.9 Å². The van der Waals surface area contributed by atoms with Gasteiger partial charge in [-0.3, -0.25) is 9.59 Å². The summed E-state index contributed by atoms with van der Waals surface area (Å²) >= 11 is 0. The molecule has 0 aromatic carbocycles. The lowest BCUT2D eigenvalue weighted by Gasteiger charge is -2.19. The molecule has 0 radical (unpaired) electrons. The zero-order valence-electron chi connectivity index (χ0n) is 18.4. The number of allylic oxidation sites excluding steroid dienone is 4. The molecule has 2 N–H and O–H groups in total. The van der Waals surface area contributed by atoms with Gasteiger partial charge in [-0.25, -0.2) is 0 Å². The molecule has 29 heavy (non-hydrogen) atoms. The number of aliphatic hydroxyl groups is 1. The van der Waals surface area contributed by atoms with Gasteiger partial charge in [-0.05, 0) is 65.2 Å². The first-order chi connectivity index (χ1) is 13.9. The summed E-state index contributed by atoms with van der Waals surface area (Å²) in [7, 11) is 0. The lowest BCUT2D eigenvalue weighted by atomic mass is 9.89. The van der Waals surface area contributed by atoms with Crippen LogP contribution in [0.4, 0.5) is 0 Å². The van der Waals surface area contributed by atoms with Gasteiger partial charge in [0, 0.05) is 18.9 Å². The maximum Gasteiger partial charge on any atom is 0.311 e. The number of carboxylic acid groups (broad SMARTS) is 1. The molecule has 0 saturated heterocycles. The van der Waals surface area contributed by atoms with Gasteiger partial charge >= 0.3 is 5.97 Å². The van der Waals surface area contributed by atoms with Crippen LogP contribution >= 0.6 is 0 Å². The number of aliphatic hydroxyl groups excluding tert-OH is 1. The van der Waals surface area contributed by atoms with Crippen molar-refractivity contribution in [1.29, 1.82) is 0 Å². The standard InChI is InChI=1S/C24H40O5/c1-4-29-24(28)21(23(26)27)15-11-7-10-14-20-19(16-17-22(20)25)13-9-6-5-8-12-18(2)3/h9,12-13,19-21,24,28H,4-8,10-11,14-17H2,1-3H3,(H,26,27)/t19-,20+,21?,24?/m0/s1. The number of ketones is 1. The van der Waals surface area contributed by atoms with Gasteiger partial charge in [0.25, 0.3) is 0 Å². The topological polar surface area (TPSA) is 83.8 Å². The molecule has 0 amide bonds. The molecule has 4 atom stereocenters. The third-order valence-electron chi connectivity index (χ3n) is 5.69. The minimum Gasteiger partial charge on any atom is -0.481 e. The highest BCUT2D eigenvalue weighted by Crippen LogP contribution is 2.34. The summed E-state index contributed by atoms with van der Waals surface area (Å²) in [6.45, 7) is 6.26. The van der Waals surface area contributed by atoms with E-state index < -0.39 is 18.2 Å². The third kappa shape index (κ3) is 10.2. The molecule has 0 aliphatic heterocycles. The van der Waals surface area contributed by atoms with Crippen molar-refractivity contribution in [1.82, 2.24) is 0 Å². The van der Waals surface area contributed by atoms with Crippen LogP contribution in [0.15, 0.2) is 23.8 Å². The molecule has 5 nitrogen and oxygen atoms in total. The number of rotatable bonds is 15. The van der Waals surface area contributed by atoms with Crippen molar-refractivity contribution in [3.63, 3.8) is 0 Å².